The van der Waals surface area contributed by atoms with Gasteiger partial charge in [0.1, 0.15) is 23.5 Å². The predicted octanol–water partition coefficient (Wildman–Crippen LogP) is 3.02. The van der Waals surface area contributed by atoms with Crippen LogP contribution in [0.1, 0.15) is 70.4 Å². The van der Waals surface area contributed by atoms with Gasteiger partial charge in [-0.1, -0.05) is 39.7 Å². The minimum Gasteiger partial charge on any atom is -0.325 e. The molecule has 5 amide bonds. The Labute approximate surface area is 211 Å². The number of urea groups is 1. The van der Waals surface area contributed by atoms with Gasteiger partial charge in [0.2, 0.25) is 5.91 Å². The van der Waals surface area contributed by atoms with Gasteiger partial charge in [-0.25, -0.2) is 4.79 Å². The second-order valence-corrected chi connectivity index (χ2v) is 11.7. The van der Waals surface area contributed by atoms with Crippen molar-refractivity contribution >= 4 is 35.2 Å². The number of nitrogens with zero attached hydrogens (tertiary/aromatic N) is 3. The summed E-state index contributed by atoms with van der Waals surface area (Å²) in [6.07, 6.45) is 6.62. The quantitative estimate of drug-likeness (QED) is 0.631. The van der Waals surface area contributed by atoms with E-state index in [1.54, 1.807) is 11.9 Å². The SMILES string of the molecule is CN1C(=O)NC(=O)[C@@]12Cc1ccc(NC(=O)CN3C(=O)C(C(C)(C)C)=NC34CCCCCC4)cc1C2. The molecule has 1 aromatic carbocycles. The molecule has 2 N–H and O–H groups in total. The Morgan fingerprint density at radius 1 is 1.06 bits per heavy atom. The van der Waals surface area contributed by atoms with Crippen LogP contribution >= 0.6 is 0 Å². The van der Waals surface area contributed by atoms with Crippen LogP contribution in [-0.2, 0) is 27.2 Å². The Hall–Kier alpha value is -3.23. The van der Waals surface area contributed by atoms with Crippen molar-refractivity contribution < 1.29 is 19.2 Å². The lowest BCUT2D eigenvalue weighted by molar-refractivity contribution is -0.133. The van der Waals surface area contributed by atoms with Crippen LogP contribution in [0.2, 0.25) is 0 Å². The molecule has 0 radical (unpaired) electrons. The number of likely N-dealkylation sites (N-methyl/N-ethyl adjacent to an activating group) is 1. The van der Waals surface area contributed by atoms with Crippen LogP contribution in [0.15, 0.2) is 23.2 Å². The maximum absolute atomic E-state index is 13.5. The Kier molecular flexibility index (Phi) is 5.72. The molecule has 9 heteroatoms. The van der Waals surface area contributed by atoms with E-state index in [0.29, 0.717) is 24.2 Å². The third-order valence-corrected chi connectivity index (χ3v) is 8.23. The molecule has 2 heterocycles. The van der Waals surface area contributed by atoms with Gasteiger partial charge < -0.3 is 15.1 Å². The number of carbonyl (C=O) groups excluding carboxylic acids is 4. The fraction of sp³-hybridized carbons (Fsp3) is 0.593. The highest BCUT2D eigenvalue weighted by Crippen LogP contribution is 2.41. The standard InChI is InChI=1S/C27H35N5O4/c1-25(2,3)21-22(34)32(27(30-21)11-7-5-6-8-12-27)16-20(33)28-19-10-9-17-14-26(15-18(17)13-19)23(35)29-24(36)31(26)4/h9-10,13H,5-8,11-12,14-16H2,1-4H3,(H,28,33)(H,29,35,36)/t26-/m0/s1. The maximum atomic E-state index is 13.5. The van der Waals surface area contributed by atoms with Crippen LogP contribution in [0.25, 0.3) is 0 Å². The van der Waals surface area contributed by atoms with Gasteiger partial charge in [-0.3, -0.25) is 24.7 Å². The lowest BCUT2D eigenvalue weighted by Crippen LogP contribution is -2.50. The molecule has 2 fully saturated rings. The fourth-order valence-corrected chi connectivity index (χ4v) is 6.14. The number of carbonyl (C=O) groups is 4. The van der Waals surface area contributed by atoms with Gasteiger partial charge in [0, 0.05) is 31.0 Å². The summed E-state index contributed by atoms with van der Waals surface area (Å²) in [6, 6.07) is 5.20. The predicted molar refractivity (Wildman–Crippen MR) is 136 cm³/mol. The first-order chi connectivity index (χ1) is 16.9. The van der Waals surface area contributed by atoms with E-state index in [1.165, 1.54) is 4.90 Å². The Morgan fingerprint density at radius 3 is 2.33 bits per heavy atom. The molecular weight excluding hydrogens is 458 g/mol. The largest absolute Gasteiger partial charge is 0.325 e. The van der Waals surface area contributed by atoms with Crippen molar-refractivity contribution in [2.75, 3.05) is 18.9 Å². The Bertz CT molecular complexity index is 1180. The highest BCUT2D eigenvalue weighted by atomic mass is 16.2. The van der Waals surface area contributed by atoms with E-state index in [0.717, 1.165) is 49.7 Å². The monoisotopic (exact) mass is 493 g/mol. The normalized spacial score (nSPS) is 25.3. The average molecular weight is 494 g/mol. The Morgan fingerprint density at radius 2 is 1.72 bits per heavy atom. The van der Waals surface area contributed by atoms with Crippen LogP contribution < -0.4 is 10.6 Å². The summed E-state index contributed by atoms with van der Waals surface area (Å²) >= 11 is 0. The zero-order chi connectivity index (χ0) is 25.9. The summed E-state index contributed by atoms with van der Waals surface area (Å²) < 4.78 is 0. The van der Waals surface area contributed by atoms with Crippen LogP contribution in [0, 0.1) is 5.41 Å². The summed E-state index contributed by atoms with van der Waals surface area (Å²) in [7, 11) is 1.64. The maximum Gasteiger partial charge on any atom is 0.324 e. The number of fused-ring (bicyclic) bond motifs is 1. The first kappa shape index (κ1) is 24.5. The second kappa shape index (κ2) is 8.42. The molecule has 1 saturated heterocycles. The van der Waals surface area contributed by atoms with Crippen molar-refractivity contribution in [3.63, 3.8) is 0 Å². The van der Waals surface area contributed by atoms with E-state index in [1.807, 2.05) is 39.0 Å². The van der Waals surface area contributed by atoms with Crippen molar-refractivity contribution in [2.45, 2.75) is 83.3 Å². The summed E-state index contributed by atoms with van der Waals surface area (Å²) in [4.78, 5) is 59.4. The summed E-state index contributed by atoms with van der Waals surface area (Å²) in [5, 5.41) is 5.36. The first-order valence-corrected chi connectivity index (χ1v) is 12.9. The van der Waals surface area contributed by atoms with Crippen LogP contribution in [-0.4, -0.2) is 64.1 Å². The van der Waals surface area contributed by atoms with E-state index in [2.05, 4.69) is 10.6 Å². The molecule has 9 nitrogen and oxygen atoms in total. The average Bonchev–Trinajstić information content (AvgIpc) is 3.29. The zero-order valence-corrected chi connectivity index (χ0v) is 21.6. The van der Waals surface area contributed by atoms with Crippen molar-refractivity contribution in [3.8, 4) is 0 Å². The van der Waals surface area contributed by atoms with E-state index in [-0.39, 0.29) is 30.3 Å². The minimum atomic E-state index is -0.906. The van der Waals surface area contributed by atoms with E-state index < -0.39 is 16.6 Å². The zero-order valence-electron chi connectivity index (χ0n) is 21.6. The first-order valence-electron chi connectivity index (χ1n) is 12.9. The number of aliphatic imine (C=N–C) groups is 1. The van der Waals surface area contributed by atoms with Crippen LogP contribution in [0.4, 0.5) is 10.5 Å². The topological polar surface area (TPSA) is 111 Å². The van der Waals surface area contributed by atoms with Gasteiger partial charge in [0.05, 0.1) is 0 Å². The molecule has 192 valence electrons. The van der Waals surface area contributed by atoms with Crippen LogP contribution in [0.3, 0.4) is 0 Å². The smallest absolute Gasteiger partial charge is 0.324 e. The molecule has 1 aromatic rings. The number of anilines is 1. The van der Waals surface area contributed by atoms with Gasteiger partial charge in [0.25, 0.3) is 11.8 Å². The highest BCUT2D eigenvalue weighted by molar-refractivity contribution is 6.42. The molecule has 1 atom stereocenters. The molecule has 36 heavy (non-hydrogen) atoms. The van der Waals surface area contributed by atoms with E-state index in [4.69, 9.17) is 4.99 Å². The molecule has 1 saturated carbocycles. The third kappa shape index (κ3) is 3.89. The fourth-order valence-electron chi connectivity index (χ4n) is 6.14. The number of hydrogen-bond donors (Lipinski definition) is 2. The Balaban J connectivity index is 1.33. The molecule has 4 aliphatic rings. The molecule has 0 aromatic heterocycles. The number of imide groups is 1. The van der Waals surface area contributed by atoms with Gasteiger partial charge in [-0.2, -0.15) is 0 Å². The van der Waals surface area contributed by atoms with Crippen molar-refractivity contribution in [2.24, 2.45) is 10.4 Å². The molecule has 2 spiro atoms. The molecule has 2 aliphatic carbocycles. The number of nitrogens with one attached hydrogen (secondary N) is 2. The van der Waals surface area contributed by atoms with Crippen molar-refractivity contribution in [1.29, 1.82) is 0 Å². The molecular formula is C27H35N5O4. The second-order valence-electron chi connectivity index (χ2n) is 11.7. The van der Waals surface area contributed by atoms with E-state index in [9.17, 15) is 19.2 Å². The summed E-state index contributed by atoms with van der Waals surface area (Å²) in [5.41, 5.74) is 1.15. The summed E-state index contributed by atoms with van der Waals surface area (Å²) in [6.45, 7) is 5.92. The van der Waals surface area contributed by atoms with Gasteiger partial charge in [-0.15, -0.1) is 0 Å². The van der Waals surface area contributed by atoms with Gasteiger partial charge >= 0.3 is 6.03 Å². The lowest BCUT2D eigenvalue weighted by Gasteiger charge is -2.35. The number of amides is 5. The molecule has 0 unspecified atom stereocenters. The minimum absolute atomic E-state index is 0.0530. The lowest BCUT2D eigenvalue weighted by atomic mass is 9.89. The third-order valence-electron chi connectivity index (χ3n) is 8.23. The van der Waals surface area contributed by atoms with Crippen molar-refractivity contribution in [3.05, 3.63) is 29.3 Å². The number of benzene rings is 1. The molecule has 2 aliphatic heterocycles. The number of hydrogen-bond acceptors (Lipinski definition) is 5. The van der Waals surface area contributed by atoms with Gasteiger partial charge in [-0.05, 0) is 48.9 Å². The summed E-state index contributed by atoms with van der Waals surface area (Å²) in [5.74, 6) is -0.695. The number of rotatable bonds is 3. The van der Waals surface area contributed by atoms with Gasteiger partial charge in [0.15, 0.2) is 0 Å². The van der Waals surface area contributed by atoms with Crippen LogP contribution in [0.5, 0.6) is 0 Å². The highest BCUT2D eigenvalue weighted by Gasteiger charge is 2.54. The molecule has 5 rings (SSSR count). The molecule has 0 bridgehead atoms. The van der Waals surface area contributed by atoms with E-state index >= 15 is 0 Å². The van der Waals surface area contributed by atoms with Crippen molar-refractivity contribution in [1.82, 2.24) is 15.1 Å².